The van der Waals surface area contributed by atoms with Crippen LogP contribution in [0.5, 0.6) is 0 Å². The van der Waals surface area contributed by atoms with Gasteiger partial charge in [0.05, 0.1) is 4.92 Å². The van der Waals surface area contributed by atoms with Gasteiger partial charge in [0.1, 0.15) is 5.01 Å². The first-order chi connectivity index (χ1) is 10.6. The topological polar surface area (TPSA) is 81.0 Å². The molecule has 2 aromatic carbocycles. The first kappa shape index (κ1) is 14.4. The van der Waals surface area contributed by atoms with Crippen LogP contribution in [0.4, 0.5) is 16.5 Å². The summed E-state index contributed by atoms with van der Waals surface area (Å²) in [5, 5.41) is 23.9. The van der Waals surface area contributed by atoms with Crippen LogP contribution in [0.15, 0.2) is 48.5 Å². The number of rotatable bonds is 4. The summed E-state index contributed by atoms with van der Waals surface area (Å²) >= 11 is 7.24. The van der Waals surface area contributed by atoms with E-state index in [-0.39, 0.29) is 5.69 Å². The third kappa shape index (κ3) is 3.21. The molecule has 0 aliphatic carbocycles. The lowest BCUT2D eigenvalue weighted by molar-refractivity contribution is -0.384. The number of nitrogens with zero attached hydrogens (tertiary/aromatic N) is 3. The van der Waals surface area contributed by atoms with Crippen LogP contribution in [-0.2, 0) is 0 Å². The third-order valence-corrected chi connectivity index (χ3v) is 3.99. The van der Waals surface area contributed by atoms with E-state index in [4.69, 9.17) is 11.6 Å². The van der Waals surface area contributed by atoms with Crippen molar-refractivity contribution in [3.63, 3.8) is 0 Å². The molecule has 0 radical (unpaired) electrons. The molecule has 6 nitrogen and oxygen atoms in total. The molecule has 110 valence electrons. The minimum atomic E-state index is -0.437. The van der Waals surface area contributed by atoms with Crippen molar-refractivity contribution in [1.82, 2.24) is 10.2 Å². The van der Waals surface area contributed by atoms with Crippen molar-refractivity contribution in [2.24, 2.45) is 0 Å². The Morgan fingerprint density at radius 1 is 1.05 bits per heavy atom. The van der Waals surface area contributed by atoms with Crippen LogP contribution < -0.4 is 5.32 Å². The number of hydrogen-bond acceptors (Lipinski definition) is 6. The van der Waals surface area contributed by atoms with Crippen LogP contribution in [0.3, 0.4) is 0 Å². The van der Waals surface area contributed by atoms with Crippen LogP contribution in [0.2, 0.25) is 5.02 Å². The SMILES string of the molecule is O=[N+]([O-])c1ccc(Nc2nnc(-c3ccc(Cl)cc3)s2)cc1. The standard InChI is InChI=1S/C14H9ClN4O2S/c15-10-3-1-9(2-4-10)13-17-18-14(22-13)16-11-5-7-12(8-6-11)19(20)21/h1-8H,(H,16,18). The quantitative estimate of drug-likeness (QED) is 0.561. The minimum absolute atomic E-state index is 0.0460. The molecule has 8 heteroatoms. The molecule has 0 amide bonds. The fourth-order valence-electron chi connectivity index (χ4n) is 1.77. The number of hydrogen-bond donors (Lipinski definition) is 1. The maximum Gasteiger partial charge on any atom is 0.269 e. The highest BCUT2D eigenvalue weighted by Crippen LogP contribution is 2.29. The molecule has 0 unspecified atom stereocenters. The first-order valence-electron chi connectivity index (χ1n) is 6.23. The number of nitro groups is 1. The molecule has 3 aromatic rings. The predicted molar refractivity (Wildman–Crippen MR) is 86.7 cm³/mol. The van der Waals surface area contributed by atoms with Crippen molar-refractivity contribution >= 4 is 39.4 Å². The van der Waals surface area contributed by atoms with E-state index in [0.29, 0.717) is 15.8 Å². The van der Waals surface area contributed by atoms with Crippen LogP contribution in [0.25, 0.3) is 10.6 Å². The summed E-state index contributed by atoms with van der Waals surface area (Å²) in [7, 11) is 0. The Morgan fingerprint density at radius 3 is 2.36 bits per heavy atom. The summed E-state index contributed by atoms with van der Waals surface area (Å²) in [6.07, 6.45) is 0. The van der Waals surface area contributed by atoms with E-state index in [1.165, 1.54) is 23.5 Å². The number of anilines is 2. The summed E-state index contributed by atoms with van der Waals surface area (Å²) < 4.78 is 0. The highest BCUT2D eigenvalue weighted by molar-refractivity contribution is 7.18. The van der Waals surface area contributed by atoms with E-state index >= 15 is 0 Å². The maximum absolute atomic E-state index is 10.6. The van der Waals surface area contributed by atoms with Crippen molar-refractivity contribution in [3.05, 3.63) is 63.7 Å². The van der Waals surface area contributed by atoms with Crippen LogP contribution in [0, 0.1) is 10.1 Å². The number of nitro benzene ring substituents is 1. The Morgan fingerprint density at radius 2 is 1.73 bits per heavy atom. The van der Waals surface area contributed by atoms with E-state index in [1.807, 2.05) is 12.1 Å². The number of nitrogens with one attached hydrogen (secondary N) is 1. The van der Waals surface area contributed by atoms with Crippen molar-refractivity contribution in [2.75, 3.05) is 5.32 Å². The highest BCUT2D eigenvalue weighted by atomic mass is 35.5. The Kier molecular flexibility index (Phi) is 3.99. The molecule has 0 aliphatic heterocycles. The molecule has 1 aromatic heterocycles. The van der Waals surface area contributed by atoms with Gasteiger partial charge >= 0.3 is 0 Å². The molecular formula is C14H9ClN4O2S. The Bertz CT molecular complexity index is 802. The lowest BCUT2D eigenvalue weighted by atomic mass is 10.2. The van der Waals surface area contributed by atoms with Gasteiger partial charge in [0.15, 0.2) is 0 Å². The summed E-state index contributed by atoms with van der Waals surface area (Å²) in [5.41, 5.74) is 1.69. The van der Waals surface area contributed by atoms with E-state index in [0.717, 1.165) is 10.6 Å². The fourth-order valence-corrected chi connectivity index (χ4v) is 2.67. The highest BCUT2D eigenvalue weighted by Gasteiger charge is 2.08. The van der Waals surface area contributed by atoms with Gasteiger partial charge in [-0.25, -0.2) is 0 Å². The molecule has 0 bridgehead atoms. The molecule has 0 aliphatic rings. The summed E-state index contributed by atoms with van der Waals surface area (Å²) in [6.45, 7) is 0. The summed E-state index contributed by atoms with van der Waals surface area (Å²) in [6, 6.07) is 13.5. The number of halogens is 1. The molecule has 1 heterocycles. The van der Waals surface area contributed by atoms with E-state index in [2.05, 4.69) is 15.5 Å². The first-order valence-corrected chi connectivity index (χ1v) is 7.42. The Balaban J connectivity index is 1.76. The average Bonchev–Trinajstić information content (AvgIpc) is 2.97. The third-order valence-electron chi connectivity index (χ3n) is 2.85. The molecule has 0 fully saturated rings. The second kappa shape index (κ2) is 6.08. The van der Waals surface area contributed by atoms with Crippen molar-refractivity contribution in [3.8, 4) is 10.6 Å². The van der Waals surface area contributed by atoms with Crippen molar-refractivity contribution in [1.29, 1.82) is 0 Å². The Labute approximate surface area is 134 Å². The van der Waals surface area contributed by atoms with Gasteiger partial charge in [0.2, 0.25) is 5.13 Å². The zero-order valence-electron chi connectivity index (χ0n) is 11.1. The monoisotopic (exact) mass is 332 g/mol. The van der Waals surface area contributed by atoms with E-state index < -0.39 is 4.92 Å². The lowest BCUT2D eigenvalue weighted by Gasteiger charge is -2.00. The van der Waals surface area contributed by atoms with Crippen molar-refractivity contribution in [2.45, 2.75) is 0 Å². The Hall–Kier alpha value is -2.51. The number of benzene rings is 2. The fraction of sp³-hybridized carbons (Fsp3) is 0. The van der Waals surface area contributed by atoms with Gasteiger partial charge < -0.3 is 5.32 Å². The molecule has 1 N–H and O–H groups in total. The van der Waals surface area contributed by atoms with E-state index in [9.17, 15) is 10.1 Å². The number of aromatic nitrogens is 2. The molecule has 0 saturated carbocycles. The van der Waals surface area contributed by atoms with Gasteiger partial charge in [0, 0.05) is 28.4 Å². The average molecular weight is 333 g/mol. The minimum Gasteiger partial charge on any atom is -0.330 e. The molecule has 22 heavy (non-hydrogen) atoms. The van der Waals surface area contributed by atoms with Gasteiger partial charge in [-0.1, -0.05) is 35.1 Å². The van der Waals surface area contributed by atoms with Crippen LogP contribution in [0.1, 0.15) is 0 Å². The zero-order chi connectivity index (χ0) is 15.5. The van der Waals surface area contributed by atoms with E-state index in [1.54, 1.807) is 24.3 Å². The molecular weight excluding hydrogens is 324 g/mol. The molecule has 0 spiro atoms. The largest absolute Gasteiger partial charge is 0.330 e. The lowest BCUT2D eigenvalue weighted by Crippen LogP contribution is -1.91. The van der Waals surface area contributed by atoms with Crippen LogP contribution >= 0.6 is 22.9 Å². The maximum atomic E-state index is 10.6. The number of non-ortho nitro benzene ring substituents is 1. The summed E-state index contributed by atoms with van der Waals surface area (Å²) in [5.74, 6) is 0. The second-order valence-corrected chi connectivity index (χ2v) is 5.76. The summed E-state index contributed by atoms with van der Waals surface area (Å²) in [4.78, 5) is 10.2. The smallest absolute Gasteiger partial charge is 0.269 e. The second-order valence-electron chi connectivity index (χ2n) is 4.35. The molecule has 0 atom stereocenters. The van der Waals surface area contributed by atoms with Crippen LogP contribution in [-0.4, -0.2) is 15.1 Å². The normalized spacial score (nSPS) is 10.4. The molecule has 0 saturated heterocycles. The molecule has 3 rings (SSSR count). The zero-order valence-corrected chi connectivity index (χ0v) is 12.6. The van der Waals surface area contributed by atoms with Gasteiger partial charge in [-0.15, -0.1) is 10.2 Å². The van der Waals surface area contributed by atoms with Gasteiger partial charge in [0.25, 0.3) is 5.69 Å². The van der Waals surface area contributed by atoms with Crippen molar-refractivity contribution < 1.29 is 4.92 Å². The van der Waals surface area contributed by atoms with Gasteiger partial charge in [-0.05, 0) is 24.3 Å². The van der Waals surface area contributed by atoms with Gasteiger partial charge in [-0.3, -0.25) is 10.1 Å². The predicted octanol–water partition coefficient (Wildman–Crippen LogP) is 4.51. The van der Waals surface area contributed by atoms with Gasteiger partial charge in [-0.2, -0.15) is 0 Å².